The highest BCUT2D eigenvalue weighted by atomic mass is 35.5. The van der Waals surface area contributed by atoms with E-state index in [-0.39, 0.29) is 4.90 Å². The Balaban J connectivity index is 2.15. The van der Waals surface area contributed by atoms with Gasteiger partial charge in [0.1, 0.15) is 0 Å². The summed E-state index contributed by atoms with van der Waals surface area (Å²) in [4.78, 5) is 0.250. The van der Waals surface area contributed by atoms with E-state index in [0.717, 1.165) is 24.8 Å². The van der Waals surface area contributed by atoms with Crippen LogP contribution in [0.3, 0.4) is 0 Å². The van der Waals surface area contributed by atoms with Crippen molar-refractivity contribution in [2.24, 2.45) is 0 Å². The number of rotatable bonds is 7. The molecule has 0 aliphatic heterocycles. The Hall–Kier alpha value is -1.07. The second-order valence-corrected chi connectivity index (χ2v) is 8.31. The van der Waals surface area contributed by atoms with Crippen molar-refractivity contribution in [2.45, 2.75) is 44.0 Å². The lowest BCUT2D eigenvalue weighted by molar-refractivity contribution is 0.567. The van der Waals surface area contributed by atoms with Gasteiger partial charge >= 0.3 is 0 Å². The zero-order valence-corrected chi connectivity index (χ0v) is 16.0. The van der Waals surface area contributed by atoms with E-state index in [9.17, 15) is 8.42 Å². The van der Waals surface area contributed by atoms with E-state index >= 15 is 0 Å². The summed E-state index contributed by atoms with van der Waals surface area (Å²) in [5.74, 6) is 0. The van der Waals surface area contributed by atoms with Gasteiger partial charge in [-0.1, -0.05) is 54.7 Å². The molecule has 2 aromatic carbocycles. The van der Waals surface area contributed by atoms with E-state index in [0.29, 0.717) is 15.6 Å². The summed E-state index contributed by atoms with van der Waals surface area (Å²) in [6, 6.07) is 11.6. The van der Waals surface area contributed by atoms with E-state index in [1.54, 1.807) is 37.3 Å². The van der Waals surface area contributed by atoms with Crippen LogP contribution in [-0.4, -0.2) is 8.42 Å². The third-order valence-electron chi connectivity index (χ3n) is 3.81. The second-order valence-electron chi connectivity index (χ2n) is 5.76. The molecule has 3 nitrogen and oxygen atoms in total. The van der Waals surface area contributed by atoms with Gasteiger partial charge in [-0.15, -0.1) is 0 Å². The first kappa shape index (κ1) is 19.3. The Bertz CT molecular complexity index is 789. The minimum Gasteiger partial charge on any atom is -0.207 e. The predicted molar refractivity (Wildman–Crippen MR) is 100 cm³/mol. The third-order valence-corrected chi connectivity index (χ3v) is 5.93. The number of nitrogens with one attached hydrogen (secondary N) is 1. The molecule has 0 spiro atoms. The molecule has 0 heterocycles. The summed E-state index contributed by atoms with van der Waals surface area (Å²) in [5.41, 5.74) is 1.83. The fourth-order valence-corrected chi connectivity index (χ4v) is 4.23. The summed E-state index contributed by atoms with van der Waals surface area (Å²) in [7, 11) is -3.61. The molecule has 1 N–H and O–H groups in total. The molecule has 1 unspecified atom stereocenters. The molecule has 130 valence electrons. The minimum atomic E-state index is -3.61. The molecular weight excluding hydrogens is 365 g/mol. The molecular formula is C18H21Cl2NO2S. The van der Waals surface area contributed by atoms with Crippen LogP contribution in [0.5, 0.6) is 0 Å². The SMILES string of the molecule is CCCCc1ccc(S(=O)(=O)NC(C)c2ccc(Cl)cc2Cl)cc1. The summed E-state index contributed by atoms with van der Waals surface area (Å²) < 4.78 is 27.7. The molecule has 0 saturated heterocycles. The molecule has 0 saturated carbocycles. The lowest BCUT2D eigenvalue weighted by Gasteiger charge is -2.16. The molecule has 0 radical (unpaired) electrons. The third kappa shape index (κ3) is 4.96. The van der Waals surface area contributed by atoms with Crippen LogP contribution in [0.2, 0.25) is 10.0 Å². The Morgan fingerprint density at radius 2 is 1.75 bits per heavy atom. The maximum Gasteiger partial charge on any atom is 0.241 e. The summed E-state index contributed by atoms with van der Waals surface area (Å²) in [5, 5.41) is 0.953. The lowest BCUT2D eigenvalue weighted by atomic mass is 10.1. The Morgan fingerprint density at radius 1 is 1.08 bits per heavy atom. The van der Waals surface area contributed by atoms with Crippen LogP contribution in [0, 0.1) is 0 Å². The van der Waals surface area contributed by atoms with E-state index in [4.69, 9.17) is 23.2 Å². The molecule has 2 rings (SSSR count). The summed E-state index contributed by atoms with van der Waals surface area (Å²) >= 11 is 12.0. The Kier molecular flexibility index (Phi) is 6.70. The smallest absolute Gasteiger partial charge is 0.207 e. The molecule has 1 atom stereocenters. The summed E-state index contributed by atoms with van der Waals surface area (Å²) in [6.45, 7) is 3.88. The second kappa shape index (κ2) is 8.34. The van der Waals surface area contributed by atoms with Gasteiger partial charge in [0.05, 0.1) is 4.90 Å². The molecule has 24 heavy (non-hydrogen) atoms. The van der Waals surface area contributed by atoms with Crippen LogP contribution >= 0.6 is 23.2 Å². The quantitative estimate of drug-likeness (QED) is 0.695. The number of aryl methyl sites for hydroxylation is 1. The topological polar surface area (TPSA) is 46.2 Å². The van der Waals surface area contributed by atoms with Crippen molar-refractivity contribution in [3.8, 4) is 0 Å². The first-order valence-electron chi connectivity index (χ1n) is 7.89. The molecule has 0 amide bonds. The van der Waals surface area contributed by atoms with Crippen LogP contribution in [0.4, 0.5) is 0 Å². The summed E-state index contributed by atoms with van der Waals surface area (Å²) in [6.07, 6.45) is 3.17. The van der Waals surface area contributed by atoms with Gasteiger partial charge in [-0.2, -0.15) is 0 Å². The lowest BCUT2D eigenvalue weighted by Crippen LogP contribution is -2.27. The van der Waals surface area contributed by atoms with Crippen LogP contribution in [-0.2, 0) is 16.4 Å². The monoisotopic (exact) mass is 385 g/mol. The van der Waals surface area contributed by atoms with E-state index < -0.39 is 16.1 Å². The highest BCUT2D eigenvalue weighted by molar-refractivity contribution is 7.89. The number of sulfonamides is 1. The van der Waals surface area contributed by atoms with Crippen LogP contribution < -0.4 is 4.72 Å². The Morgan fingerprint density at radius 3 is 2.33 bits per heavy atom. The predicted octanol–water partition coefficient (Wildman–Crippen LogP) is 5.38. The number of benzene rings is 2. The van der Waals surface area contributed by atoms with Gasteiger partial charge in [-0.3, -0.25) is 0 Å². The number of hydrogen-bond acceptors (Lipinski definition) is 2. The fraction of sp³-hybridized carbons (Fsp3) is 0.333. The van der Waals surface area contributed by atoms with Crippen molar-refractivity contribution in [2.75, 3.05) is 0 Å². The largest absolute Gasteiger partial charge is 0.241 e. The van der Waals surface area contributed by atoms with Gasteiger partial charge in [0.15, 0.2) is 0 Å². The molecule has 6 heteroatoms. The first-order chi connectivity index (χ1) is 11.3. The molecule has 0 aliphatic rings. The zero-order chi connectivity index (χ0) is 17.7. The van der Waals surface area contributed by atoms with Gasteiger partial charge in [0.25, 0.3) is 0 Å². The van der Waals surface area contributed by atoms with Crippen molar-refractivity contribution in [1.29, 1.82) is 0 Å². The van der Waals surface area contributed by atoms with Crippen molar-refractivity contribution >= 4 is 33.2 Å². The molecule has 2 aromatic rings. The maximum atomic E-state index is 12.5. The van der Waals surface area contributed by atoms with Crippen LogP contribution in [0.25, 0.3) is 0 Å². The molecule has 0 aliphatic carbocycles. The van der Waals surface area contributed by atoms with E-state index in [1.807, 2.05) is 12.1 Å². The van der Waals surface area contributed by atoms with Gasteiger partial charge in [0, 0.05) is 16.1 Å². The fourth-order valence-electron chi connectivity index (χ4n) is 2.43. The highest BCUT2D eigenvalue weighted by Gasteiger charge is 2.20. The van der Waals surface area contributed by atoms with Gasteiger partial charge in [-0.05, 0) is 55.2 Å². The zero-order valence-electron chi connectivity index (χ0n) is 13.7. The maximum absolute atomic E-state index is 12.5. The normalized spacial score (nSPS) is 13.0. The average molecular weight is 386 g/mol. The molecule has 0 bridgehead atoms. The Labute approximate surface area is 154 Å². The molecule has 0 aromatic heterocycles. The van der Waals surface area contributed by atoms with Crippen LogP contribution in [0.15, 0.2) is 47.4 Å². The average Bonchev–Trinajstić information content (AvgIpc) is 2.52. The minimum absolute atomic E-state index is 0.250. The van der Waals surface area contributed by atoms with Crippen molar-refractivity contribution in [1.82, 2.24) is 4.72 Å². The highest BCUT2D eigenvalue weighted by Crippen LogP contribution is 2.27. The van der Waals surface area contributed by atoms with Crippen LogP contribution in [0.1, 0.15) is 43.9 Å². The first-order valence-corrected chi connectivity index (χ1v) is 10.1. The van der Waals surface area contributed by atoms with E-state index in [2.05, 4.69) is 11.6 Å². The van der Waals surface area contributed by atoms with E-state index in [1.165, 1.54) is 0 Å². The number of halogens is 2. The van der Waals surface area contributed by atoms with Gasteiger partial charge in [0.2, 0.25) is 10.0 Å². The van der Waals surface area contributed by atoms with Crippen molar-refractivity contribution in [3.63, 3.8) is 0 Å². The number of unbranched alkanes of at least 4 members (excludes halogenated alkanes) is 1. The number of hydrogen-bond donors (Lipinski definition) is 1. The molecule has 0 fully saturated rings. The van der Waals surface area contributed by atoms with Gasteiger partial charge < -0.3 is 0 Å². The standard InChI is InChI=1S/C18H21Cl2NO2S/c1-3-4-5-14-6-9-16(10-7-14)24(22,23)21-13(2)17-11-8-15(19)12-18(17)20/h6-13,21H,3-5H2,1-2H3. The van der Waals surface area contributed by atoms with Gasteiger partial charge in [-0.25, -0.2) is 13.1 Å². The van der Waals surface area contributed by atoms with Crippen molar-refractivity contribution < 1.29 is 8.42 Å². The van der Waals surface area contributed by atoms with Crippen molar-refractivity contribution in [3.05, 3.63) is 63.6 Å².